The third-order valence-electron chi connectivity index (χ3n) is 2.75. The molecule has 0 spiro atoms. The van der Waals surface area contributed by atoms with Gasteiger partial charge in [-0.15, -0.1) is 0 Å². The third-order valence-corrected chi connectivity index (χ3v) is 3.26. The smallest absolute Gasteiger partial charge is 0.236 e. The summed E-state index contributed by atoms with van der Waals surface area (Å²) >= 11 is 4.90. The molecule has 0 aliphatic carbocycles. The number of nitrogens with one attached hydrogen (secondary N) is 1. The fourth-order valence-corrected chi connectivity index (χ4v) is 1.41. The van der Waals surface area contributed by atoms with Crippen LogP contribution in [0, 0.1) is 5.41 Å². The van der Waals surface area contributed by atoms with Crippen molar-refractivity contribution in [2.24, 2.45) is 11.1 Å². The molecule has 0 bridgehead atoms. The van der Waals surface area contributed by atoms with E-state index in [1.165, 1.54) is 0 Å². The summed E-state index contributed by atoms with van der Waals surface area (Å²) in [6.07, 6.45) is 0. The Morgan fingerprint density at radius 3 is 2.61 bits per heavy atom. The first-order chi connectivity index (χ1) is 8.39. The van der Waals surface area contributed by atoms with Crippen LogP contribution in [0.5, 0.6) is 0 Å². The normalized spacial score (nSPS) is 11.1. The average Bonchev–Trinajstić information content (AvgIpc) is 2.31. The Hall–Kier alpha value is -1.46. The van der Waals surface area contributed by atoms with Gasteiger partial charge < -0.3 is 15.8 Å². The number of benzene rings is 1. The van der Waals surface area contributed by atoms with Crippen molar-refractivity contribution < 1.29 is 9.53 Å². The predicted molar refractivity (Wildman–Crippen MR) is 76.4 cm³/mol. The second-order valence-electron chi connectivity index (χ2n) is 4.53. The lowest BCUT2D eigenvalue weighted by Crippen LogP contribution is -2.41. The molecule has 98 valence electrons. The molecule has 0 aromatic heterocycles. The van der Waals surface area contributed by atoms with E-state index in [-0.39, 0.29) is 10.9 Å². The summed E-state index contributed by atoms with van der Waals surface area (Å²) in [4.78, 5) is 12.3. The summed E-state index contributed by atoms with van der Waals surface area (Å²) in [5.41, 5.74) is 6.31. The maximum absolute atomic E-state index is 12.1. The molecular formula is C13H18N2O2S. The number of hydrogen-bond acceptors (Lipinski definition) is 3. The molecule has 1 aromatic rings. The summed E-state index contributed by atoms with van der Waals surface area (Å²) < 4.78 is 5.08. The zero-order valence-electron chi connectivity index (χ0n) is 10.8. The van der Waals surface area contributed by atoms with Crippen LogP contribution in [-0.2, 0) is 16.1 Å². The van der Waals surface area contributed by atoms with Crippen LogP contribution in [0.25, 0.3) is 0 Å². The number of amides is 1. The zero-order valence-corrected chi connectivity index (χ0v) is 11.6. The topological polar surface area (TPSA) is 64.3 Å². The van der Waals surface area contributed by atoms with E-state index >= 15 is 0 Å². The number of ether oxygens (including phenoxy) is 1. The minimum atomic E-state index is -0.879. The standard InChI is InChI=1S/C13H18N2O2S/c1-13(2,11(14)18)12(16)15-10-7-5-4-6-9(10)8-17-3/h4-7H,8H2,1-3H3,(H2,14,18)(H,15,16). The van der Waals surface area contributed by atoms with Crippen LogP contribution in [-0.4, -0.2) is 18.0 Å². The Bertz CT molecular complexity index is 458. The van der Waals surface area contributed by atoms with Gasteiger partial charge in [-0.05, 0) is 19.9 Å². The van der Waals surface area contributed by atoms with Crippen LogP contribution < -0.4 is 11.1 Å². The third kappa shape index (κ3) is 3.27. The van der Waals surface area contributed by atoms with Gasteiger partial charge in [-0.1, -0.05) is 30.4 Å². The van der Waals surface area contributed by atoms with E-state index in [0.29, 0.717) is 12.3 Å². The van der Waals surface area contributed by atoms with Crippen molar-refractivity contribution in [1.82, 2.24) is 0 Å². The number of methoxy groups -OCH3 is 1. The Kier molecular flexibility index (Phi) is 4.81. The molecule has 5 heteroatoms. The lowest BCUT2D eigenvalue weighted by Gasteiger charge is -2.22. The Morgan fingerprint density at radius 2 is 2.06 bits per heavy atom. The average molecular weight is 266 g/mol. The number of hydrogen-bond donors (Lipinski definition) is 2. The molecule has 0 radical (unpaired) electrons. The number of rotatable bonds is 5. The SMILES string of the molecule is COCc1ccccc1NC(=O)C(C)(C)C(N)=S. The summed E-state index contributed by atoms with van der Waals surface area (Å²) in [6.45, 7) is 3.83. The summed E-state index contributed by atoms with van der Waals surface area (Å²) in [7, 11) is 1.61. The van der Waals surface area contributed by atoms with Gasteiger partial charge in [0.1, 0.15) is 0 Å². The number of thiocarbonyl (C=S) groups is 1. The molecule has 0 aliphatic rings. The van der Waals surface area contributed by atoms with Crippen molar-refractivity contribution in [2.45, 2.75) is 20.5 Å². The van der Waals surface area contributed by atoms with Gasteiger partial charge >= 0.3 is 0 Å². The molecule has 0 unspecified atom stereocenters. The van der Waals surface area contributed by atoms with Crippen LogP contribution in [0.4, 0.5) is 5.69 Å². The number of carbonyl (C=O) groups excluding carboxylic acids is 1. The molecule has 0 saturated carbocycles. The minimum Gasteiger partial charge on any atom is -0.392 e. The second kappa shape index (κ2) is 5.93. The number of para-hydroxylation sites is 1. The van der Waals surface area contributed by atoms with Gasteiger partial charge in [0.25, 0.3) is 0 Å². The fraction of sp³-hybridized carbons (Fsp3) is 0.385. The van der Waals surface area contributed by atoms with E-state index in [1.807, 2.05) is 24.3 Å². The molecule has 3 N–H and O–H groups in total. The van der Waals surface area contributed by atoms with Crippen LogP contribution in [0.1, 0.15) is 19.4 Å². The largest absolute Gasteiger partial charge is 0.392 e. The van der Waals surface area contributed by atoms with Crippen molar-refractivity contribution >= 4 is 28.8 Å². The van der Waals surface area contributed by atoms with Crippen molar-refractivity contribution in [1.29, 1.82) is 0 Å². The van der Waals surface area contributed by atoms with Crippen LogP contribution in [0.2, 0.25) is 0 Å². The van der Waals surface area contributed by atoms with E-state index in [9.17, 15) is 4.79 Å². The Morgan fingerprint density at radius 1 is 1.44 bits per heavy atom. The summed E-state index contributed by atoms with van der Waals surface area (Å²) in [5, 5.41) is 2.83. The maximum Gasteiger partial charge on any atom is 0.236 e. The highest BCUT2D eigenvalue weighted by Gasteiger charge is 2.31. The lowest BCUT2D eigenvalue weighted by atomic mass is 9.92. The van der Waals surface area contributed by atoms with Crippen LogP contribution >= 0.6 is 12.2 Å². The maximum atomic E-state index is 12.1. The molecule has 0 heterocycles. The highest BCUT2D eigenvalue weighted by atomic mass is 32.1. The highest BCUT2D eigenvalue weighted by Crippen LogP contribution is 2.21. The van der Waals surface area contributed by atoms with Crippen molar-refractivity contribution in [2.75, 3.05) is 12.4 Å². The van der Waals surface area contributed by atoms with Gasteiger partial charge in [-0.25, -0.2) is 0 Å². The van der Waals surface area contributed by atoms with Crippen LogP contribution in [0.15, 0.2) is 24.3 Å². The number of carbonyl (C=O) groups is 1. The van der Waals surface area contributed by atoms with Gasteiger partial charge in [-0.3, -0.25) is 4.79 Å². The monoisotopic (exact) mass is 266 g/mol. The first-order valence-electron chi connectivity index (χ1n) is 5.57. The van der Waals surface area contributed by atoms with E-state index in [1.54, 1.807) is 21.0 Å². The summed E-state index contributed by atoms with van der Waals surface area (Å²) in [5.74, 6) is -0.224. The predicted octanol–water partition coefficient (Wildman–Crippen LogP) is 2.08. The molecule has 1 amide bonds. The zero-order chi connectivity index (χ0) is 13.8. The molecule has 0 atom stereocenters. The van der Waals surface area contributed by atoms with Gasteiger partial charge in [0.05, 0.1) is 17.0 Å². The van der Waals surface area contributed by atoms with Crippen molar-refractivity contribution in [3.05, 3.63) is 29.8 Å². The summed E-state index contributed by atoms with van der Waals surface area (Å²) in [6, 6.07) is 7.46. The van der Waals surface area contributed by atoms with Gasteiger partial charge in [-0.2, -0.15) is 0 Å². The van der Waals surface area contributed by atoms with Gasteiger partial charge in [0.2, 0.25) is 5.91 Å². The first-order valence-corrected chi connectivity index (χ1v) is 5.98. The minimum absolute atomic E-state index is 0.171. The fourth-order valence-electron chi connectivity index (χ4n) is 1.31. The Balaban J connectivity index is 2.91. The molecule has 1 rings (SSSR count). The first kappa shape index (κ1) is 14.6. The molecule has 0 aliphatic heterocycles. The van der Waals surface area contributed by atoms with Gasteiger partial charge in [0, 0.05) is 18.4 Å². The molecular weight excluding hydrogens is 248 g/mol. The molecule has 0 saturated heterocycles. The molecule has 0 fully saturated rings. The van der Waals surface area contributed by atoms with E-state index in [4.69, 9.17) is 22.7 Å². The van der Waals surface area contributed by atoms with Crippen molar-refractivity contribution in [3.8, 4) is 0 Å². The van der Waals surface area contributed by atoms with Crippen LogP contribution in [0.3, 0.4) is 0 Å². The highest BCUT2D eigenvalue weighted by molar-refractivity contribution is 7.80. The van der Waals surface area contributed by atoms with Crippen molar-refractivity contribution in [3.63, 3.8) is 0 Å². The van der Waals surface area contributed by atoms with Gasteiger partial charge in [0.15, 0.2) is 0 Å². The van der Waals surface area contributed by atoms with E-state index in [2.05, 4.69) is 5.32 Å². The second-order valence-corrected chi connectivity index (χ2v) is 4.97. The number of anilines is 1. The molecule has 18 heavy (non-hydrogen) atoms. The number of nitrogens with two attached hydrogens (primary N) is 1. The van der Waals surface area contributed by atoms with E-state index < -0.39 is 5.41 Å². The van der Waals surface area contributed by atoms with E-state index in [0.717, 1.165) is 5.56 Å². The quantitative estimate of drug-likeness (QED) is 0.801. The molecule has 4 nitrogen and oxygen atoms in total. The lowest BCUT2D eigenvalue weighted by molar-refractivity contribution is -0.121. The Labute approximate surface area is 113 Å². The molecule has 1 aromatic carbocycles.